The first-order valence-electron chi connectivity index (χ1n) is 7.11. The van der Waals surface area contributed by atoms with Crippen LogP contribution in [0.5, 0.6) is 5.88 Å². The van der Waals surface area contributed by atoms with E-state index in [1.165, 1.54) is 0 Å². The Bertz CT molecular complexity index is 599. The van der Waals surface area contributed by atoms with Crippen LogP contribution >= 0.6 is 0 Å². The van der Waals surface area contributed by atoms with E-state index in [0.29, 0.717) is 24.9 Å². The van der Waals surface area contributed by atoms with Crippen molar-refractivity contribution < 1.29 is 4.74 Å². The fraction of sp³-hybridized carbons (Fsp3) is 0.375. The van der Waals surface area contributed by atoms with Crippen LogP contribution in [-0.2, 0) is 13.1 Å². The number of aryl methyl sites for hydroxylation is 1. The van der Waals surface area contributed by atoms with E-state index in [1.807, 2.05) is 45.0 Å². The molecule has 0 radical (unpaired) electrons. The molecule has 5 nitrogen and oxygen atoms in total. The summed E-state index contributed by atoms with van der Waals surface area (Å²) in [7, 11) is 0. The maximum absolute atomic E-state index is 5.65. The average Bonchev–Trinajstić information content (AvgIpc) is 2.44. The van der Waals surface area contributed by atoms with Crippen molar-refractivity contribution in [1.82, 2.24) is 9.97 Å². The number of hydrogen-bond donors (Lipinski definition) is 2. The number of ether oxygens (including phenoxy) is 1. The van der Waals surface area contributed by atoms with Gasteiger partial charge >= 0.3 is 0 Å². The molecule has 1 aromatic heterocycles. The van der Waals surface area contributed by atoms with Crippen LogP contribution in [-0.4, -0.2) is 16.1 Å². The molecule has 1 heterocycles. The van der Waals surface area contributed by atoms with Gasteiger partial charge in [0, 0.05) is 24.8 Å². The zero-order chi connectivity index (χ0) is 15.2. The molecule has 0 saturated carbocycles. The van der Waals surface area contributed by atoms with Crippen molar-refractivity contribution in [2.75, 3.05) is 5.32 Å². The first-order chi connectivity index (χ1) is 10.1. The summed E-state index contributed by atoms with van der Waals surface area (Å²) in [4.78, 5) is 8.73. The van der Waals surface area contributed by atoms with Gasteiger partial charge in [0.15, 0.2) is 0 Å². The second-order valence-electron chi connectivity index (χ2n) is 5.22. The van der Waals surface area contributed by atoms with E-state index in [2.05, 4.69) is 21.4 Å². The lowest BCUT2D eigenvalue weighted by molar-refractivity contribution is 0.232. The summed E-state index contributed by atoms with van der Waals surface area (Å²) in [5.74, 6) is 1.17. The first-order valence-corrected chi connectivity index (χ1v) is 7.11. The van der Waals surface area contributed by atoms with Crippen molar-refractivity contribution in [2.45, 2.75) is 40.0 Å². The molecule has 0 aliphatic heterocycles. The summed E-state index contributed by atoms with van der Waals surface area (Å²) < 4.78 is 5.62. The molecule has 0 aliphatic carbocycles. The van der Waals surface area contributed by atoms with Crippen LogP contribution in [0.3, 0.4) is 0 Å². The fourth-order valence-electron chi connectivity index (χ4n) is 1.97. The van der Waals surface area contributed by atoms with Crippen LogP contribution in [0.2, 0.25) is 0 Å². The van der Waals surface area contributed by atoms with Gasteiger partial charge in [-0.25, -0.2) is 4.98 Å². The van der Waals surface area contributed by atoms with Crippen LogP contribution in [0.4, 0.5) is 5.95 Å². The first kappa shape index (κ1) is 15.3. The van der Waals surface area contributed by atoms with E-state index in [0.717, 1.165) is 16.8 Å². The minimum absolute atomic E-state index is 0.0911. The molecule has 0 bridgehead atoms. The molecule has 112 valence electrons. The molecule has 3 N–H and O–H groups in total. The van der Waals surface area contributed by atoms with Crippen molar-refractivity contribution >= 4 is 5.95 Å². The maximum Gasteiger partial charge on any atom is 0.226 e. The summed E-state index contributed by atoms with van der Waals surface area (Å²) in [6.45, 7) is 7.07. The van der Waals surface area contributed by atoms with Crippen LogP contribution in [0.25, 0.3) is 0 Å². The number of anilines is 1. The van der Waals surface area contributed by atoms with E-state index >= 15 is 0 Å². The Balaban J connectivity index is 2.06. The van der Waals surface area contributed by atoms with Gasteiger partial charge in [0.1, 0.15) is 0 Å². The van der Waals surface area contributed by atoms with E-state index < -0.39 is 0 Å². The summed E-state index contributed by atoms with van der Waals surface area (Å²) in [5.41, 5.74) is 8.79. The Morgan fingerprint density at radius 1 is 1.19 bits per heavy atom. The number of nitrogens with zero attached hydrogens (tertiary/aromatic N) is 2. The molecule has 0 amide bonds. The third-order valence-electron chi connectivity index (χ3n) is 2.86. The normalized spacial score (nSPS) is 10.7. The Morgan fingerprint density at radius 2 is 1.95 bits per heavy atom. The summed E-state index contributed by atoms with van der Waals surface area (Å²) >= 11 is 0. The molecule has 2 aromatic rings. The van der Waals surface area contributed by atoms with Crippen LogP contribution in [0, 0.1) is 6.92 Å². The number of aromatic nitrogens is 2. The molecular formula is C16H22N4O. The van der Waals surface area contributed by atoms with Crippen LogP contribution in [0.1, 0.15) is 30.7 Å². The molecule has 2 rings (SSSR count). The van der Waals surface area contributed by atoms with Gasteiger partial charge in [0.2, 0.25) is 11.8 Å². The summed E-state index contributed by atoms with van der Waals surface area (Å²) in [6, 6.07) is 9.98. The molecule has 0 spiro atoms. The number of nitrogens with two attached hydrogens (primary N) is 1. The minimum atomic E-state index is 0.0911. The molecule has 5 heteroatoms. The van der Waals surface area contributed by atoms with Crippen LogP contribution < -0.4 is 15.8 Å². The second kappa shape index (κ2) is 7.04. The van der Waals surface area contributed by atoms with E-state index in [9.17, 15) is 0 Å². The lowest BCUT2D eigenvalue weighted by atomic mass is 10.1. The molecule has 0 atom stereocenters. The highest BCUT2D eigenvalue weighted by Gasteiger charge is 2.05. The number of benzene rings is 1. The van der Waals surface area contributed by atoms with Crippen molar-refractivity contribution in [3.63, 3.8) is 0 Å². The van der Waals surface area contributed by atoms with Gasteiger partial charge in [-0.2, -0.15) is 4.98 Å². The Hall–Kier alpha value is -2.14. The quantitative estimate of drug-likeness (QED) is 0.854. The van der Waals surface area contributed by atoms with Gasteiger partial charge in [-0.3, -0.25) is 0 Å². The molecule has 1 aromatic carbocycles. The molecule has 0 fully saturated rings. The smallest absolute Gasteiger partial charge is 0.226 e. The number of hydrogen-bond acceptors (Lipinski definition) is 5. The van der Waals surface area contributed by atoms with Crippen molar-refractivity contribution in [2.24, 2.45) is 5.73 Å². The molecule has 0 saturated heterocycles. The highest BCUT2D eigenvalue weighted by molar-refractivity contribution is 5.33. The highest BCUT2D eigenvalue weighted by Crippen LogP contribution is 2.14. The summed E-state index contributed by atoms with van der Waals surface area (Å²) in [6.07, 6.45) is 0.0911. The number of rotatable bonds is 6. The molecule has 21 heavy (non-hydrogen) atoms. The van der Waals surface area contributed by atoms with Gasteiger partial charge in [0.25, 0.3) is 0 Å². The SMILES string of the molecule is Cc1cc(OC(C)C)nc(NCc2cccc(CN)c2)n1. The predicted molar refractivity (Wildman–Crippen MR) is 84.2 cm³/mol. The van der Waals surface area contributed by atoms with Crippen LogP contribution in [0.15, 0.2) is 30.3 Å². The molecule has 0 unspecified atom stereocenters. The van der Waals surface area contributed by atoms with Crippen molar-refractivity contribution in [3.05, 3.63) is 47.2 Å². The topological polar surface area (TPSA) is 73.1 Å². The zero-order valence-electron chi connectivity index (χ0n) is 12.8. The number of nitrogens with one attached hydrogen (secondary N) is 1. The van der Waals surface area contributed by atoms with E-state index in [-0.39, 0.29) is 6.10 Å². The molecule has 0 aliphatic rings. The van der Waals surface area contributed by atoms with Gasteiger partial charge in [-0.15, -0.1) is 0 Å². The predicted octanol–water partition coefficient (Wildman–Crippen LogP) is 2.64. The Kier molecular flexibility index (Phi) is 5.11. The third kappa shape index (κ3) is 4.72. The monoisotopic (exact) mass is 286 g/mol. The largest absolute Gasteiger partial charge is 0.475 e. The van der Waals surface area contributed by atoms with Gasteiger partial charge in [-0.05, 0) is 31.9 Å². The van der Waals surface area contributed by atoms with Gasteiger partial charge in [-0.1, -0.05) is 24.3 Å². The standard InChI is InChI=1S/C16H22N4O/c1-11(2)21-15-7-12(3)19-16(20-15)18-10-14-6-4-5-13(8-14)9-17/h4-8,11H,9-10,17H2,1-3H3,(H,18,19,20). The minimum Gasteiger partial charge on any atom is -0.475 e. The third-order valence-corrected chi connectivity index (χ3v) is 2.86. The Labute approximate surface area is 125 Å². The highest BCUT2D eigenvalue weighted by atomic mass is 16.5. The summed E-state index contributed by atoms with van der Waals surface area (Å²) in [5, 5.41) is 3.22. The van der Waals surface area contributed by atoms with Gasteiger partial charge < -0.3 is 15.8 Å². The zero-order valence-corrected chi connectivity index (χ0v) is 12.8. The lowest BCUT2D eigenvalue weighted by Gasteiger charge is -2.11. The van der Waals surface area contributed by atoms with Crippen molar-refractivity contribution in [3.8, 4) is 5.88 Å². The second-order valence-corrected chi connectivity index (χ2v) is 5.22. The van der Waals surface area contributed by atoms with Gasteiger partial charge in [0.05, 0.1) is 6.10 Å². The molecular weight excluding hydrogens is 264 g/mol. The lowest BCUT2D eigenvalue weighted by Crippen LogP contribution is -2.10. The van der Waals surface area contributed by atoms with E-state index in [4.69, 9.17) is 10.5 Å². The Morgan fingerprint density at radius 3 is 2.67 bits per heavy atom. The van der Waals surface area contributed by atoms with Crippen molar-refractivity contribution in [1.29, 1.82) is 0 Å². The average molecular weight is 286 g/mol. The maximum atomic E-state index is 5.65. The van der Waals surface area contributed by atoms with E-state index in [1.54, 1.807) is 0 Å². The fourth-order valence-corrected chi connectivity index (χ4v) is 1.97.